The van der Waals surface area contributed by atoms with Crippen LogP contribution in [0.3, 0.4) is 0 Å². The van der Waals surface area contributed by atoms with Gasteiger partial charge in [-0.2, -0.15) is 11.8 Å². The molecule has 1 atom stereocenters. The molecule has 2 rings (SSSR count). The van der Waals surface area contributed by atoms with Gasteiger partial charge in [0.25, 0.3) is 0 Å². The van der Waals surface area contributed by atoms with E-state index >= 15 is 0 Å². The Hall–Kier alpha value is -0.910. The highest BCUT2D eigenvalue weighted by atomic mass is 32.2. The molecule has 1 aromatic heterocycles. The summed E-state index contributed by atoms with van der Waals surface area (Å²) in [6.45, 7) is 0.146. The van der Waals surface area contributed by atoms with Gasteiger partial charge in [-0.15, -0.1) is 11.8 Å². The molecule has 0 aliphatic carbocycles. The molecule has 1 heterocycles. The van der Waals surface area contributed by atoms with E-state index in [2.05, 4.69) is 46.3 Å². The van der Waals surface area contributed by atoms with E-state index in [-0.39, 0.29) is 12.6 Å². The number of benzene rings is 1. The fourth-order valence-electron chi connectivity index (χ4n) is 2.14. The highest BCUT2D eigenvalue weighted by Gasteiger charge is 2.14. The Labute approximate surface area is 128 Å². The molecule has 0 spiro atoms. The molecule has 0 bridgehead atoms. The highest BCUT2D eigenvalue weighted by molar-refractivity contribution is 7.98. The number of thioether (sulfide) groups is 2. The summed E-state index contributed by atoms with van der Waals surface area (Å²) in [6.07, 6.45) is 8.87. The number of nitrogens with zero attached hydrogens (tertiary/aromatic N) is 2. The smallest absolute Gasteiger partial charge is 0.140 e. The van der Waals surface area contributed by atoms with Crippen LogP contribution in [0.4, 0.5) is 0 Å². The van der Waals surface area contributed by atoms with Gasteiger partial charge in [-0.3, -0.25) is 0 Å². The minimum absolute atomic E-state index is 0.0974. The summed E-state index contributed by atoms with van der Waals surface area (Å²) in [5.41, 5.74) is 1.09. The predicted octanol–water partition coefficient (Wildman–Crippen LogP) is 3.56. The van der Waals surface area contributed by atoms with E-state index in [4.69, 9.17) is 0 Å². The van der Waals surface area contributed by atoms with Crippen LogP contribution in [0.1, 0.15) is 12.5 Å². The molecule has 5 heteroatoms. The lowest BCUT2D eigenvalue weighted by Crippen LogP contribution is -2.14. The van der Waals surface area contributed by atoms with Crippen molar-refractivity contribution < 1.29 is 5.11 Å². The average molecular weight is 308 g/mol. The van der Waals surface area contributed by atoms with Crippen LogP contribution in [0, 0.1) is 0 Å². The lowest BCUT2D eigenvalue weighted by molar-refractivity contribution is 0.226. The first kappa shape index (κ1) is 15.5. The maximum absolute atomic E-state index is 9.62. The van der Waals surface area contributed by atoms with Crippen LogP contribution in [0.5, 0.6) is 0 Å². The van der Waals surface area contributed by atoms with Crippen LogP contribution in [0.2, 0.25) is 0 Å². The first-order chi connectivity index (χ1) is 9.80. The number of aliphatic hydroxyl groups excluding tert-OH is 1. The van der Waals surface area contributed by atoms with Crippen molar-refractivity contribution in [2.45, 2.75) is 17.4 Å². The van der Waals surface area contributed by atoms with Crippen molar-refractivity contribution in [3.05, 3.63) is 36.7 Å². The summed E-state index contributed by atoms with van der Waals surface area (Å²) in [6, 6.07) is 8.49. The molecule has 0 amide bonds. The Morgan fingerprint density at radius 3 is 2.60 bits per heavy atom. The molecule has 2 aromatic rings. The van der Waals surface area contributed by atoms with E-state index in [1.165, 1.54) is 4.90 Å². The van der Waals surface area contributed by atoms with E-state index < -0.39 is 0 Å². The molecule has 0 saturated heterocycles. The quantitative estimate of drug-likeness (QED) is 0.794. The normalized spacial score (nSPS) is 12.6. The molecule has 0 unspecified atom stereocenters. The molecular formula is C15H20N2OS2. The van der Waals surface area contributed by atoms with Crippen LogP contribution in [-0.2, 0) is 0 Å². The molecule has 0 aliphatic heterocycles. The molecule has 20 heavy (non-hydrogen) atoms. The fourth-order valence-corrected chi connectivity index (χ4v) is 3.06. The van der Waals surface area contributed by atoms with E-state index in [0.29, 0.717) is 0 Å². The SMILES string of the molecule is CSCC[C@@H](CO)n1ccnc1-c1ccc(SC)cc1. The van der Waals surface area contributed by atoms with E-state index in [0.717, 1.165) is 23.6 Å². The lowest BCUT2D eigenvalue weighted by Gasteiger charge is -2.18. The topological polar surface area (TPSA) is 38.0 Å². The minimum atomic E-state index is 0.0974. The zero-order valence-corrected chi connectivity index (χ0v) is 13.5. The summed E-state index contributed by atoms with van der Waals surface area (Å²) in [5.74, 6) is 1.96. The van der Waals surface area contributed by atoms with Gasteiger partial charge < -0.3 is 9.67 Å². The third-order valence-corrected chi connectivity index (χ3v) is 4.66. The van der Waals surface area contributed by atoms with Gasteiger partial charge in [-0.25, -0.2) is 4.98 Å². The molecule has 0 saturated carbocycles. The average Bonchev–Trinajstić information content (AvgIpc) is 2.97. The van der Waals surface area contributed by atoms with Crippen LogP contribution >= 0.6 is 23.5 Å². The van der Waals surface area contributed by atoms with E-state index in [9.17, 15) is 5.11 Å². The zero-order valence-electron chi connectivity index (χ0n) is 11.8. The fraction of sp³-hybridized carbons (Fsp3) is 0.400. The Balaban J connectivity index is 2.26. The van der Waals surface area contributed by atoms with Gasteiger partial charge in [0.05, 0.1) is 12.6 Å². The van der Waals surface area contributed by atoms with Crippen molar-refractivity contribution >= 4 is 23.5 Å². The number of aliphatic hydroxyl groups is 1. The Kier molecular flexibility index (Phi) is 6.01. The van der Waals surface area contributed by atoms with Crippen molar-refractivity contribution in [1.29, 1.82) is 0 Å². The standard InChI is InChI=1S/C15H20N2OS2/c1-19-10-7-13(11-18)17-9-8-16-15(17)12-3-5-14(20-2)6-4-12/h3-6,8-9,13,18H,7,10-11H2,1-2H3/t13-/m0/s1. The van der Waals surface area contributed by atoms with E-state index in [1.54, 1.807) is 29.7 Å². The third-order valence-electron chi connectivity index (χ3n) is 3.28. The van der Waals surface area contributed by atoms with Crippen molar-refractivity contribution in [1.82, 2.24) is 9.55 Å². The Morgan fingerprint density at radius 2 is 2.00 bits per heavy atom. The summed E-state index contributed by atoms with van der Waals surface area (Å²) >= 11 is 3.53. The van der Waals surface area contributed by atoms with Crippen molar-refractivity contribution in [3.8, 4) is 11.4 Å². The minimum Gasteiger partial charge on any atom is -0.394 e. The van der Waals surface area contributed by atoms with Gasteiger partial charge >= 0.3 is 0 Å². The zero-order chi connectivity index (χ0) is 14.4. The Morgan fingerprint density at radius 1 is 1.25 bits per heavy atom. The number of rotatable bonds is 7. The van der Waals surface area contributed by atoms with Crippen molar-refractivity contribution in [2.24, 2.45) is 0 Å². The Bertz CT molecular complexity index is 525. The van der Waals surface area contributed by atoms with Gasteiger partial charge in [0.1, 0.15) is 5.82 Å². The summed E-state index contributed by atoms with van der Waals surface area (Å²) in [7, 11) is 0. The third kappa shape index (κ3) is 3.59. The molecule has 3 nitrogen and oxygen atoms in total. The molecule has 1 aromatic carbocycles. The maximum Gasteiger partial charge on any atom is 0.140 e. The molecular weight excluding hydrogens is 288 g/mol. The number of imidazole rings is 1. The van der Waals surface area contributed by atoms with Crippen LogP contribution < -0.4 is 0 Å². The van der Waals surface area contributed by atoms with Crippen LogP contribution in [-0.4, -0.2) is 39.5 Å². The first-order valence-corrected chi connectivity index (χ1v) is 9.19. The molecule has 1 N–H and O–H groups in total. The van der Waals surface area contributed by atoms with Gasteiger partial charge in [0, 0.05) is 22.9 Å². The molecule has 108 valence electrons. The predicted molar refractivity (Wildman–Crippen MR) is 88.6 cm³/mol. The summed E-state index contributed by atoms with van der Waals surface area (Å²) in [4.78, 5) is 5.70. The summed E-state index contributed by atoms with van der Waals surface area (Å²) in [5, 5.41) is 9.62. The first-order valence-electron chi connectivity index (χ1n) is 6.57. The van der Waals surface area contributed by atoms with Gasteiger partial charge in [0.15, 0.2) is 0 Å². The number of hydrogen-bond donors (Lipinski definition) is 1. The van der Waals surface area contributed by atoms with Gasteiger partial charge in [-0.05, 0) is 36.8 Å². The van der Waals surface area contributed by atoms with Crippen molar-refractivity contribution in [2.75, 3.05) is 24.9 Å². The number of hydrogen-bond acceptors (Lipinski definition) is 4. The number of aromatic nitrogens is 2. The van der Waals surface area contributed by atoms with Crippen LogP contribution in [0.15, 0.2) is 41.6 Å². The van der Waals surface area contributed by atoms with E-state index in [1.807, 2.05) is 6.20 Å². The lowest BCUT2D eigenvalue weighted by atomic mass is 10.2. The molecule has 0 radical (unpaired) electrons. The second-order valence-corrected chi connectivity index (χ2v) is 6.37. The largest absolute Gasteiger partial charge is 0.394 e. The molecule has 0 aliphatic rings. The second-order valence-electron chi connectivity index (χ2n) is 4.50. The van der Waals surface area contributed by atoms with Gasteiger partial charge in [-0.1, -0.05) is 12.1 Å². The maximum atomic E-state index is 9.62. The van der Waals surface area contributed by atoms with Gasteiger partial charge in [0.2, 0.25) is 0 Å². The second kappa shape index (κ2) is 7.76. The van der Waals surface area contributed by atoms with Crippen molar-refractivity contribution in [3.63, 3.8) is 0 Å². The van der Waals surface area contributed by atoms with Crippen LogP contribution in [0.25, 0.3) is 11.4 Å². The highest BCUT2D eigenvalue weighted by Crippen LogP contribution is 2.25. The monoisotopic (exact) mass is 308 g/mol. The molecule has 0 fully saturated rings. The summed E-state index contributed by atoms with van der Waals surface area (Å²) < 4.78 is 2.09.